The summed E-state index contributed by atoms with van der Waals surface area (Å²) in [7, 11) is 4.11. The predicted octanol–water partition coefficient (Wildman–Crippen LogP) is 3.36. The molecule has 4 heteroatoms. The number of aromatic nitrogens is 2. The van der Waals surface area contributed by atoms with E-state index in [1.807, 2.05) is 0 Å². The first kappa shape index (κ1) is 12.4. The highest BCUT2D eigenvalue weighted by Gasteiger charge is 2.13. The zero-order chi connectivity index (χ0) is 12.6. The molecule has 0 aliphatic rings. The van der Waals surface area contributed by atoms with Crippen LogP contribution in [0.5, 0.6) is 0 Å². The minimum Gasteiger partial charge on any atom is -0.364 e. The van der Waals surface area contributed by atoms with Crippen LogP contribution in [0, 0.1) is 5.92 Å². The molecule has 2 aromatic heterocycles. The fraction of sp³-hybridized carbons (Fsp3) is 0.462. The fourth-order valence-electron chi connectivity index (χ4n) is 2.00. The van der Waals surface area contributed by atoms with Crippen LogP contribution in [-0.4, -0.2) is 23.5 Å². The first-order valence-electron chi connectivity index (χ1n) is 5.84. The van der Waals surface area contributed by atoms with E-state index in [2.05, 4.69) is 76.4 Å². The number of rotatable bonds is 3. The van der Waals surface area contributed by atoms with Gasteiger partial charge in [-0.1, -0.05) is 19.9 Å². The van der Waals surface area contributed by atoms with Crippen molar-refractivity contribution in [1.29, 1.82) is 0 Å². The number of hydrogen-bond acceptors (Lipinski definition) is 2. The minimum atomic E-state index is 0.600. The molecule has 0 fully saturated rings. The highest BCUT2D eigenvalue weighted by Crippen LogP contribution is 2.25. The van der Waals surface area contributed by atoms with Crippen LogP contribution in [0.2, 0.25) is 0 Å². The van der Waals surface area contributed by atoms with Gasteiger partial charge in [0.2, 0.25) is 0 Å². The molecule has 92 valence electrons. The van der Waals surface area contributed by atoms with Crippen molar-refractivity contribution in [3.8, 4) is 0 Å². The topological polar surface area (TPSA) is 20.5 Å². The van der Waals surface area contributed by atoms with Gasteiger partial charge in [0.15, 0.2) is 0 Å². The third kappa shape index (κ3) is 2.32. The average molecular weight is 296 g/mol. The first-order valence-corrected chi connectivity index (χ1v) is 6.63. The Hall–Kier alpha value is -1.03. The largest absolute Gasteiger partial charge is 0.364 e. The van der Waals surface area contributed by atoms with Crippen molar-refractivity contribution in [2.45, 2.75) is 20.3 Å². The van der Waals surface area contributed by atoms with E-state index in [9.17, 15) is 0 Å². The van der Waals surface area contributed by atoms with Gasteiger partial charge in [-0.05, 0) is 34.0 Å². The van der Waals surface area contributed by atoms with Gasteiger partial charge in [-0.2, -0.15) is 0 Å². The molecule has 0 N–H and O–H groups in total. The molecule has 0 aliphatic carbocycles. The molecule has 0 unspecified atom stereocenters. The first-order chi connectivity index (χ1) is 8.00. The second kappa shape index (κ2) is 4.69. The molecule has 0 amide bonds. The molecule has 0 aromatic carbocycles. The molecule has 2 rings (SSSR count). The van der Waals surface area contributed by atoms with Gasteiger partial charge in [0.1, 0.15) is 16.2 Å². The van der Waals surface area contributed by atoms with Crippen LogP contribution in [0.15, 0.2) is 22.8 Å². The molecule has 2 heterocycles. The van der Waals surface area contributed by atoms with Gasteiger partial charge in [0.25, 0.3) is 0 Å². The van der Waals surface area contributed by atoms with E-state index in [-0.39, 0.29) is 0 Å². The Labute approximate surface area is 111 Å². The molecule has 3 nitrogen and oxygen atoms in total. The van der Waals surface area contributed by atoms with Gasteiger partial charge in [0.05, 0.1) is 5.52 Å². The lowest BCUT2D eigenvalue weighted by molar-refractivity contribution is 0.618. The molecule has 0 atom stereocenters. The van der Waals surface area contributed by atoms with Gasteiger partial charge in [-0.3, -0.25) is 4.40 Å². The van der Waals surface area contributed by atoms with Crippen molar-refractivity contribution >= 4 is 27.3 Å². The number of halogens is 1. The molecular formula is C13H18BrN3. The summed E-state index contributed by atoms with van der Waals surface area (Å²) in [6.07, 6.45) is 0.984. The van der Waals surface area contributed by atoms with Crippen molar-refractivity contribution in [2.75, 3.05) is 19.0 Å². The van der Waals surface area contributed by atoms with Gasteiger partial charge < -0.3 is 4.90 Å². The molecule has 0 bridgehead atoms. The Bertz CT molecular complexity index is 529. The van der Waals surface area contributed by atoms with Gasteiger partial charge >= 0.3 is 0 Å². The van der Waals surface area contributed by atoms with Crippen LogP contribution in [-0.2, 0) is 6.42 Å². The van der Waals surface area contributed by atoms with E-state index < -0.39 is 0 Å². The van der Waals surface area contributed by atoms with Crippen molar-refractivity contribution in [3.63, 3.8) is 0 Å². The zero-order valence-electron chi connectivity index (χ0n) is 10.7. The molecular weight excluding hydrogens is 278 g/mol. The maximum Gasteiger partial charge on any atom is 0.132 e. The Morgan fingerprint density at radius 1 is 1.35 bits per heavy atom. The summed E-state index contributed by atoms with van der Waals surface area (Å²) >= 11 is 3.54. The monoisotopic (exact) mass is 295 g/mol. The van der Waals surface area contributed by atoms with E-state index in [4.69, 9.17) is 0 Å². The second-order valence-corrected chi connectivity index (χ2v) is 5.67. The summed E-state index contributed by atoms with van der Waals surface area (Å²) in [6.45, 7) is 4.43. The van der Waals surface area contributed by atoms with Crippen LogP contribution >= 0.6 is 15.9 Å². The van der Waals surface area contributed by atoms with Crippen LogP contribution < -0.4 is 4.90 Å². The van der Waals surface area contributed by atoms with Crippen LogP contribution in [0.4, 0.5) is 5.82 Å². The van der Waals surface area contributed by atoms with Crippen molar-refractivity contribution in [2.24, 2.45) is 5.92 Å². The Balaban J connectivity index is 2.67. The molecule has 0 spiro atoms. The summed E-state index contributed by atoms with van der Waals surface area (Å²) in [4.78, 5) is 6.74. The lowest BCUT2D eigenvalue weighted by atomic mass is 10.1. The van der Waals surface area contributed by atoms with E-state index in [0.29, 0.717) is 5.92 Å². The fourth-order valence-corrected chi connectivity index (χ4v) is 2.52. The van der Waals surface area contributed by atoms with E-state index in [0.717, 1.165) is 28.2 Å². The normalized spacial score (nSPS) is 11.4. The van der Waals surface area contributed by atoms with Crippen LogP contribution in [0.3, 0.4) is 0 Å². The summed E-state index contributed by atoms with van der Waals surface area (Å²) in [5.74, 6) is 2.88. The zero-order valence-corrected chi connectivity index (χ0v) is 12.3. The van der Waals surface area contributed by atoms with Crippen LogP contribution in [0.25, 0.3) is 5.52 Å². The van der Waals surface area contributed by atoms with Gasteiger partial charge in [-0.15, -0.1) is 0 Å². The molecule has 0 saturated heterocycles. The standard InChI is InChI=1S/C13H18BrN3/c1-9(2)8-11-15-13(14)10-6-5-7-12(16(3)4)17(10)11/h5-7,9H,8H2,1-4H3. The van der Waals surface area contributed by atoms with Gasteiger partial charge in [-0.25, -0.2) is 4.98 Å². The van der Waals surface area contributed by atoms with Crippen LogP contribution in [0.1, 0.15) is 19.7 Å². The maximum absolute atomic E-state index is 4.63. The Morgan fingerprint density at radius 3 is 2.65 bits per heavy atom. The number of anilines is 1. The molecule has 17 heavy (non-hydrogen) atoms. The van der Waals surface area contributed by atoms with E-state index >= 15 is 0 Å². The maximum atomic E-state index is 4.63. The quantitative estimate of drug-likeness (QED) is 0.865. The third-order valence-corrected chi connectivity index (χ3v) is 3.30. The molecule has 0 radical (unpaired) electrons. The number of hydrogen-bond donors (Lipinski definition) is 0. The SMILES string of the molecule is CC(C)Cc1nc(Br)c2cccc(N(C)C)n12. The average Bonchev–Trinajstić information content (AvgIpc) is 2.55. The summed E-state index contributed by atoms with van der Waals surface area (Å²) in [5.41, 5.74) is 1.13. The number of pyridine rings is 1. The van der Waals surface area contributed by atoms with Gasteiger partial charge in [0, 0.05) is 20.5 Å². The van der Waals surface area contributed by atoms with Crippen molar-refractivity contribution < 1.29 is 0 Å². The highest BCUT2D eigenvalue weighted by atomic mass is 79.9. The molecule has 0 aliphatic heterocycles. The van der Waals surface area contributed by atoms with Crippen molar-refractivity contribution in [1.82, 2.24) is 9.38 Å². The summed E-state index contributed by atoms with van der Waals surface area (Å²) < 4.78 is 3.15. The lowest BCUT2D eigenvalue weighted by Crippen LogP contribution is -2.14. The number of fused-ring (bicyclic) bond motifs is 1. The molecule has 2 aromatic rings. The minimum absolute atomic E-state index is 0.600. The Kier molecular flexibility index (Phi) is 3.43. The van der Waals surface area contributed by atoms with E-state index in [1.165, 1.54) is 0 Å². The van der Waals surface area contributed by atoms with E-state index in [1.54, 1.807) is 0 Å². The summed E-state index contributed by atoms with van der Waals surface area (Å²) in [6, 6.07) is 6.27. The molecule has 0 saturated carbocycles. The Morgan fingerprint density at radius 2 is 2.06 bits per heavy atom. The third-order valence-electron chi connectivity index (χ3n) is 2.72. The highest BCUT2D eigenvalue weighted by molar-refractivity contribution is 9.10. The number of imidazole rings is 1. The second-order valence-electron chi connectivity index (χ2n) is 4.92. The smallest absolute Gasteiger partial charge is 0.132 e. The lowest BCUT2D eigenvalue weighted by Gasteiger charge is -2.16. The van der Waals surface area contributed by atoms with Crippen molar-refractivity contribution in [3.05, 3.63) is 28.6 Å². The predicted molar refractivity (Wildman–Crippen MR) is 75.8 cm³/mol. The number of nitrogens with zero attached hydrogens (tertiary/aromatic N) is 3. The summed E-state index contributed by atoms with van der Waals surface area (Å²) in [5, 5.41) is 0.